The van der Waals surface area contributed by atoms with E-state index in [4.69, 9.17) is 0 Å². The first-order valence-electron chi connectivity index (χ1n) is 5.03. The summed E-state index contributed by atoms with van der Waals surface area (Å²) in [6, 6.07) is 0.226. The maximum Gasteiger partial charge on any atom is 0.234 e. The summed E-state index contributed by atoms with van der Waals surface area (Å²) < 4.78 is 0. The Morgan fingerprint density at radius 1 is 1.43 bits per heavy atom. The van der Waals surface area contributed by atoms with E-state index in [0.29, 0.717) is 5.91 Å². The van der Waals surface area contributed by atoms with Crippen molar-refractivity contribution in [3.63, 3.8) is 0 Å². The lowest BCUT2D eigenvalue weighted by atomic mass is 9.87. The van der Waals surface area contributed by atoms with Crippen LogP contribution in [-0.2, 0) is 4.79 Å². The number of nitrogens with zero attached hydrogens (tertiary/aromatic N) is 2. The average Bonchev–Trinajstić information content (AvgIpc) is 2.66. The van der Waals surface area contributed by atoms with E-state index in [2.05, 4.69) is 17.1 Å². The fraction of sp³-hybridized carbons (Fsp3) is 0.600. The predicted molar refractivity (Wildman–Crippen MR) is 57.3 cm³/mol. The van der Waals surface area contributed by atoms with Crippen molar-refractivity contribution in [2.24, 2.45) is 10.9 Å². The maximum atomic E-state index is 12.0. The number of carbonyl (C=O) groups is 1. The molecule has 2 aliphatic heterocycles. The lowest BCUT2D eigenvalue weighted by Crippen LogP contribution is -2.46. The number of carbonyl (C=O) groups excluding carboxylic acids is 1. The lowest BCUT2D eigenvalue weighted by molar-refractivity contribution is -0.132. The molecule has 0 aromatic carbocycles. The van der Waals surface area contributed by atoms with Crippen LogP contribution in [0, 0.1) is 5.92 Å². The van der Waals surface area contributed by atoms with Crippen molar-refractivity contribution < 1.29 is 4.79 Å². The number of hydrogen-bond acceptors (Lipinski definition) is 3. The van der Waals surface area contributed by atoms with Gasteiger partial charge in [-0.15, -0.1) is 0 Å². The first kappa shape index (κ1) is 8.53. The van der Waals surface area contributed by atoms with Gasteiger partial charge in [-0.3, -0.25) is 14.7 Å². The molecule has 3 rings (SSSR count). The number of amides is 1. The highest BCUT2D eigenvalue weighted by Gasteiger charge is 2.40. The zero-order valence-corrected chi connectivity index (χ0v) is 8.67. The summed E-state index contributed by atoms with van der Waals surface area (Å²) in [6.45, 7) is 0.856. The molecule has 1 fully saturated rings. The van der Waals surface area contributed by atoms with Gasteiger partial charge in [-0.1, -0.05) is 23.9 Å². The van der Waals surface area contributed by atoms with Crippen molar-refractivity contribution in [2.75, 3.05) is 12.3 Å². The molecular weight excluding hydrogens is 196 g/mol. The third-order valence-corrected chi connectivity index (χ3v) is 4.01. The van der Waals surface area contributed by atoms with Crippen molar-refractivity contribution in [1.82, 2.24) is 4.90 Å². The Morgan fingerprint density at radius 3 is 3.21 bits per heavy atom. The summed E-state index contributed by atoms with van der Waals surface area (Å²) in [4.78, 5) is 18.6. The zero-order valence-electron chi connectivity index (χ0n) is 7.85. The second-order valence-corrected chi connectivity index (χ2v) is 4.93. The van der Waals surface area contributed by atoms with Crippen molar-refractivity contribution in [2.45, 2.75) is 18.9 Å². The summed E-state index contributed by atoms with van der Waals surface area (Å²) in [7, 11) is 0. The Morgan fingerprint density at radius 2 is 2.29 bits per heavy atom. The van der Waals surface area contributed by atoms with Crippen LogP contribution in [0.2, 0.25) is 0 Å². The van der Waals surface area contributed by atoms with Crippen LogP contribution in [0.1, 0.15) is 12.8 Å². The van der Waals surface area contributed by atoms with Gasteiger partial charge in [-0.2, -0.15) is 0 Å². The molecule has 3 aliphatic rings. The molecule has 14 heavy (non-hydrogen) atoms. The van der Waals surface area contributed by atoms with E-state index < -0.39 is 0 Å². The molecule has 0 aromatic rings. The van der Waals surface area contributed by atoms with Crippen LogP contribution in [0.4, 0.5) is 0 Å². The van der Waals surface area contributed by atoms with E-state index in [-0.39, 0.29) is 12.0 Å². The van der Waals surface area contributed by atoms with Gasteiger partial charge in [0.05, 0.1) is 12.0 Å². The fourth-order valence-corrected chi connectivity index (χ4v) is 3.27. The van der Waals surface area contributed by atoms with E-state index >= 15 is 0 Å². The molecule has 3 nitrogen and oxygen atoms in total. The van der Waals surface area contributed by atoms with Gasteiger partial charge < -0.3 is 0 Å². The molecule has 0 N–H and O–H groups in total. The standard InChI is InChI=1S/C10H12N2OS/c13-9-7-3-1-2-4-8(7)11-10-12(9)5-6-14-10/h1-2,7-8H,3-6H2/t7-,8-/m1/s1. The van der Waals surface area contributed by atoms with Gasteiger partial charge in [0.25, 0.3) is 0 Å². The number of amidine groups is 1. The second kappa shape index (κ2) is 3.12. The third kappa shape index (κ3) is 1.13. The summed E-state index contributed by atoms with van der Waals surface area (Å²) in [5.74, 6) is 1.44. The Bertz CT molecular complexity index is 337. The number of fused-ring (bicyclic) bond motifs is 2. The van der Waals surface area contributed by atoms with Gasteiger partial charge in [0.15, 0.2) is 5.17 Å². The van der Waals surface area contributed by atoms with Crippen LogP contribution in [0.5, 0.6) is 0 Å². The van der Waals surface area contributed by atoms with Gasteiger partial charge in [-0.05, 0) is 12.8 Å². The largest absolute Gasteiger partial charge is 0.290 e. The smallest absolute Gasteiger partial charge is 0.234 e. The highest BCUT2D eigenvalue weighted by Crippen LogP contribution is 2.33. The molecule has 74 valence electrons. The highest BCUT2D eigenvalue weighted by atomic mass is 32.2. The van der Waals surface area contributed by atoms with Crippen LogP contribution < -0.4 is 0 Å². The van der Waals surface area contributed by atoms with Gasteiger partial charge >= 0.3 is 0 Å². The molecule has 0 saturated carbocycles. The third-order valence-electron chi connectivity index (χ3n) is 3.04. The van der Waals surface area contributed by atoms with Crippen LogP contribution in [0.25, 0.3) is 0 Å². The van der Waals surface area contributed by atoms with Gasteiger partial charge in [-0.25, -0.2) is 0 Å². The first-order chi connectivity index (χ1) is 6.86. The Kier molecular flexibility index (Phi) is 1.90. The zero-order chi connectivity index (χ0) is 9.54. The van der Waals surface area contributed by atoms with E-state index in [9.17, 15) is 4.79 Å². The van der Waals surface area contributed by atoms with Gasteiger partial charge in [0.1, 0.15) is 0 Å². The molecule has 0 radical (unpaired) electrons. The van der Waals surface area contributed by atoms with Crippen molar-refractivity contribution in [1.29, 1.82) is 0 Å². The SMILES string of the molecule is O=C1[C@@H]2CC=CC[C@H]2N=C2SCCN12. The molecule has 1 saturated heterocycles. The van der Waals surface area contributed by atoms with E-state index in [0.717, 1.165) is 30.3 Å². The molecule has 0 bridgehead atoms. The van der Waals surface area contributed by atoms with E-state index in [1.165, 1.54) is 0 Å². The van der Waals surface area contributed by atoms with Gasteiger partial charge in [0.2, 0.25) is 5.91 Å². The van der Waals surface area contributed by atoms with Crippen LogP contribution in [0.15, 0.2) is 17.1 Å². The highest BCUT2D eigenvalue weighted by molar-refractivity contribution is 8.14. The molecule has 0 unspecified atom stereocenters. The Hall–Kier alpha value is -0.770. The maximum absolute atomic E-state index is 12.0. The molecule has 0 spiro atoms. The second-order valence-electron chi connectivity index (χ2n) is 3.87. The Balaban J connectivity index is 1.97. The number of aliphatic imine (C=N–C) groups is 1. The molecule has 1 amide bonds. The number of allylic oxidation sites excluding steroid dienone is 1. The van der Waals surface area contributed by atoms with Crippen LogP contribution in [0.3, 0.4) is 0 Å². The molecule has 0 aromatic heterocycles. The fourth-order valence-electron chi connectivity index (χ4n) is 2.26. The van der Waals surface area contributed by atoms with Crippen LogP contribution >= 0.6 is 11.8 Å². The summed E-state index contributed by atoms with van der Waals surface area (Å²) in [5, 5.41) is 0.964. The molecule has 2 heterocycles. The Labute approximate surface area is 87.3 Å². The van der Waals surface area contributed by atoms with E-state index in [1.807, 2.05) is 4.90 Å². The normalized spacial score (nSPS) is 35.3. The summed E-state index contributed by atoms with van der Waals surface area (Å²) >= 11 is 1.72. The quantitative estimate of drug-likeness (QED) is 0.561. The topological polar surface area (TPSA) is 32.7 Å². The number of hydrogen-bond donors (Lipinski definition) is 0. The molecular formula is C10H12N2OS. The van der Waals surface area contributed by atoms with Crippen molar-refractivity contribution >= 4 is 22.8 Å². The lowest BCUT2D eigenvalue weighted by Gasteiger charge is -2.33. The molecule has 1 aliphatic carbocycles. The average molecular weight is 208 g/mol. The summed E-state index contributed by atoms with van der Waals surface area (Å²) in [6.07, 6.45) is 6.08. The van der Waals surface area contributed by atoms with Crippen molar-refractivity contribution in [3.05, 3.63) is 12.2 Å². The number of thioether (sulfide) groups is 1. The first-order valence-corrected chi connectivity index (χ1v) is 6.02. The predicted octanol–water partition coefficient (Wildman–Crippen LogP) is 1.27. The minimum Gasteiger partial charge on any atom is -0.290 e. The van der Waals surface area contributed by atoms with E-state index in [1.54, 1.807) is 11.8 Å². The van der Waals surface area contributed by atoms with Gasteiger partial charge in [0, 0.05) is 12.3 Å². The number of rotatable bonds is 0. The summed E-state index contributed by atoms with van der Waals surface area (Å²) in [5.41, 5.74) is 0. The molecule has 4 heteroatoms. The minimum atomic E-state index is 0.127. The van der Waals surface area contributed by atoms with Crippen molar-refractivity contribution in [3.8, 4) is 0 Å². The van der Waals surface area contributed by atoms with Crippen LogP contribution in [-0.4, -0.2) is 34.3 Å². The molecule has 2 atom stereocenters. The monoisotopic (exact) mass is 208 g/mol. The minimum absolute atomic E-state index is 0.127.